The predicted octanol–water partition coefficient (Wildman–Crippen LogP) is 8.37. The SMILES string of the molecule is N#CC(C#N)=C1C(c2cc(F)c(C#N)c(F)c2)=C(C#N)c2cc3c(cc21)C(=C(C#N)C#N)C(c1ccc(C(F)(F)F)c(C(F)(F)F)c1)=C3C#N. The zero-order chi connectivity index (χ0) is 36.9. The van der Waals surface area contributed by atoms with Crippen molar-refractivity contribution in [2.24, 2.45) is 0 Å². The first-order valence-electron chi connectivity index (χ1n) is 13.4. The third-order valence-corrected chi connectivity index (χ3v) is 7.77. The molecule has 0 fully saturated rings. The van der Waals surface area contributed by atoms with Gasteiger partial charge in [0.25, 0.3) is 0 Å². The molecule has 0 saturated carbocycles. The van der Waals surface area contributed by atoms with Gasteiger partial charge >= 0.3 is 12.4 Å². The quantitative estimate of drug-likeness (QED) is 0.194. The molecular weight excluding hydrogens is 670 g/mol. The molecule has 7 nitrogen and oxygen atoms in total. The van der Waals surface area contributed by atoms with Gasteiger partial charge in [0.05, 0.1) is 22.3 Å². The smallest absolute Gasteiger partial charge is 0.205 e. The third kappa shape index (κ3) is 5.08. The molecule has 0 radical (unpaired) electrons. The van der Waals surface area contributed by atoms with Crippen molar-refractivity contribution in [3.63, 3.8) is 0 Å². The van der Waals surface area contributed by atoms with Crippen LogP contribution in [0, 0.1) is 91.0 Å². The number of rotatable bonds is 2. The molecule has 3 aromatic carbocycles. The van der Waals surface area contributed by atoms with Gasteiger partial charge in [-0.3, -0.25) is 0 Å². The van der Waals surface area contributed by atoms with Crippen LogP contribution in [0.3, 0.4) is 0 Å². The summed E-state index contributed by atoms with van der Waals surface area (Å²) >= 11 is 0. The maximum Gasteiger partial charge on any atom is 0.417 e. The Kier molecular flexibility index (Phi) is 8.08. The molecule has 5 rings (SSSR count). The molecule has 0 N–H and O–H groups in total. The maximum absolute atomic E-state index is 14.8. The molecule has 0 aromatic heterocycles. The van der Waals surface area contributed by atoms with Gasteiger partial charge in [-0.05, 0) is 58.7 Å². The minimum Gasteiger partial charge on any atom is -0.205 e. The molecule has 15 heteroatoms. The number of hydrogen-bond acceptors (Lipinski definition) is 7. The first-order chi connectivity index (χ1) is 23.6. The van der Waals surface area contributed by atoms with E-state index >= 15 is 0 Å². The molecule has 2 aliphatic rings. The highest BCUT2D eigenvalue weighted by Gasteiger charge is 2.44. The summed E-state index contributed by atoms with van der Waals surface area (Å²) in [4.78, 5) is 0. The van der Waals surface area contributed by atoms with Crippen LogP contribution >= 0.6 is 0 Å². The Morgan fingerprint density at radius 3 is 1.28 bits per heavy atom. The van der Waals surface area contributed by atoms with Crippen LogP contribution in [0.1, 0.15) is 50.1 Å². The fraction of sp³-hybridized carbons (Fsp3) is 0.0571. The molecular formula is C35H7F8N7. The number of benzene rings is 3. The van der Waals surface area contributed by atoms with Gasteiger partial charge in [0.2, 0.25) is 0 Å². The van der Waals surface area contributed by atoms with Crippen molar-refractivity contribution in [2.75, 3.05) is 0 Å². The Labute approximate surface area is 275 Å². The van der Waals surface area contributed by atoms with Crippen LogP contribution in [0.5, 0.6) is 0 Å². The van der Waals surface area contributed by atoms with Gasteiger partial charge in [-0.25, -0.2) is 8.78 Å². The number of fused-ring (bicyclic) bond motifs is 2. The van der Waals surface area contributed by atoms with Crippen molar-refractivity contribution in [3.05, 3.63) is 115 Å². The first-order valence-corrected chi connectivity index (χ1v) is 13.4. The van der Waals surface area contributed by atoms with Crippen LogP contribution in [0.4, 0.5) is 35.1 Å². The second-order valence-electron chi connectivity index (χ2n) is 10.3. The molecule has 0 atom stereocenters. The zero-order valence-corrected chi connectivity index (χ0v) is 24.2. The van der Waals surface area contributed by atoms with E-state index in [2.05, 4.69) is 0 Å². The number of halogens is 8. The molecule has 2 aliphatic carbocycles. The predicted molar refractivity (Wildman–Crippen MR) is 155 cm³/mol. The van der Waals surface area contributed by atoms with E-state index in [-0.39, 0.29) is 45.5 Å². The molecule has 3 aromatic rings. The Morgan fingerprint density at radius 1 is 0.480 bits per heavy atom. The fourth-order valence-electron chi connectivity index (χ4n) is 5.82. The second kappa shape index (κ2) is 11.9. The maximum atomic E-state index is 14.8. The van der Waals surface area contributed by atoms with Crippen LogP contribution < -0.4 is 0 Å². The minimum absolute atomic E-state index is 0.114. The van der Waals surface area contributed by atoms with Crippen molar-refractivity contribution in [1.82, 2.24) is 0 Å². The lowest BCUT2D eigenvalue weighted by Gasteiger charge is -2.18. The Morgan fingerprint density at radius 2 is 0.900 bits per heavy atom. The van der Waals surface area contributed by atoms with E-state index in [0.717, 1.165) is 12.1 Å². The first kappa shape index (κ1) is 33.8. The van der Waals surface area contributed by atoms with Gasteiger partial charge in [-0.2, -0.15) is 63.2 Å². The summed E-state index contributed by atoms with van der Waals surface area (Å²) in [5.74, 6) is -2.71. The van der Waals surface area contributed by atoms with Crippen molar-refractivity contribution >= 4 is 33.4 Å². The molecule has 0 unspecified atom stereocenters. The molecule has 238 valence electrons. The second-order valence-corrected chi connectivity index (χ2v) is 10.3. The van der Waals surface area contributed by atoms with Crippen molar-refractivity contribution in [1.29, 1.82) is 36.8 Å². The Hall–Kier alpha value is -7.51. The number of allylic oxidation sites excluding steroid dienone is 8. The van der Waals surface area contributed by atoms with Gasteiger partial charge in [-0.15, -0.1) is 0 Å². The largest absolute Gasteiger partial charge is 0.417 e. The van der Waals surface area contributed by atoms with Gasteiger partial charge < -0.3 is 0 Å². The molecule has 0 aliphatic heterocycles. The van der Waals surface area contributed by atoms with Crippen LogP contribution in [0.15, 0.2) is 53.6 Å². The van der Waals surface area contributed by atoms with Gasteiger partial charge in [0, 0.05) is 33.4 Å². The summed E-state index contributed by atoms with van der Waals surface area (Å²) in [5, 5.41) is 68.9. The molecule has 0 heterocycles. The monoisotopic (exact) mass is 677 g/mol. The van der Waals surface area contributed by atoms with E-state index in [1.165, 1.54) is 6.07 Å². The summed E-state index contributed by atoms with van der Waals surface area (Å²) in [6, 6.07) is 15.6. The summed E-state index contributed by atoms with van der Waals surface area (Å²) in [5.41, 5.74) is -11.1. The highest BCUT2D eigenvalue weighted by atomic mass is 19.4. The highest BCUT2D eigenvalue weighted by molar-refractivity contribution is 6.29. The topological polar surface area (TPSA) is 167 Å². The molecule has 50 heavy (non-hydrogen) atoms. The lowest BCUT2D eigenvalue weighted by Crippen LogP contribution is -2.16. The molecule has 0 spiro atoms. The van der Waals surface area contributed by atoms with Crippen molar-refractivity contribution in [3.8, 4) is 42.5 Å². The van der Waals surface area contributed by atoms with Crippen molar-refractivity contribution < 1.29 is 35.1 Å². The number of nitriles is 7. The van der Waals surface area contributed by atoms with Gasteiger partial charge in [-0.1, -0.05) is 6.07 Å². The van der Waals surface area contributed by atoms with Crippen LogP contribution in [0.2, 0.25) is 0 Å². The third-order valence-electron chi connectivity index (χ3n) is 7.77. The number of alkyl halides is 6. The van der Waals surface area contributed by atoms with E-state index in [9.17, 15) is 66.7 Å². The van der Waals surface area contributed by atoms with E-state index in [1.54, 1.807) is 36.4 Å². The van der Waals surface area contributed by atoms with Crippen LogP contribution in [-0.2, 0) is 12.4 Å². The zero-order valence-electron chi connectivity index (χ0n) is 24.2. The highest BCUT2D eigenvalue weighted by Crippen LogP contribution is 2.55. The average molecular weight is 677 g/mol. The van der Waals surface area contributed by atoms with E-state index in [1.807, 2.05) is 0 Å². The number of nitrogens with zero attached hydrogens (tertiary/aromatic N) is 7. The van der Waals surface area contributed by atoms with Crippen LogP contribution in [0.25, 0.3) is 33.4 Å². The summed E-state index contributed by atoms with van der Waals surface area (Å²) in [6.45, 7) is 0. The molecule has 0 bridgehead atoms. The summed E-state index contributed by atoms with van der Waals surface area (Å²) in [6.07, 6.45) is -11.0. The molecule has 0 saturated heterocycles. The van der Waals surface area contributed by atoms with E-state index in [4.69, 9.17) is 5.26 Å². The average Bonchev–Trinajstić information content (AvgIpc) is 3.55. The van der Waals surface area contributed by atoms with Crippen molar-refractivity contribution in [2.45, 2.75) is 12.4 Å². The summed E-state index contributed by atoms with van der Waals surface area (Å²) in [7, 11) is 0. The van der Waals surface area contributed by atoms with Gasteiger partial charge in [0.15, 0.2) is 0 Å². The Bertz CT molecular complexity index is 2490. The van der Waals surface area contributed by atoms with E-state index in [0.29, 0.717) is 18.2 Å². The standard InChI is InChI=1S/C35H7F8N7/c36-28-4-16(5-29(37)25(28)14-50)31-24(13-49)20-6-19-21(7-22(20)33(31)18(10-46)11-47)32(17(8-44)9-45)30(23(19)12-48)15-1-2-26(34(38,39)40)27(3-15)35(41,42)43/h1-7H. The molecule has 0 amide bonds. The lowest BCUT2D eigenvalue weighted by atomic mass is 9.88. The Balaban J connectivity index is 1.94. The van der Waals surface area contributed by atoms with Crippen LogP contribution in [-0.4, -0.2) is 0 Å². The summed E-state index contributed by atoms with van der Waals surface area (Å²) < 4.78 is 112. The van der Waals surface area contributed by atoms with Gasteiger partial charge in [0.1, 0.15) is 70.8 Å². The number of hydrogen-bond donors (Lipinski definition) is 0. The van der Waals surface area contributed by atoms with E-state index < -0.39 is 85.2 Å². The lowest BCUT2D eigenvalue weighted by molar-refractivity contribution is -0.162. The minimum atomic E-state index is -5.55. The fourth-order valence-corrected chi connectivity index (χ4v) is 5.82. The normalized spacial score (nSPS) is 13.2.